The lowest BCUT2D eigenvalue weighted by molar-refractivity contribution is -0.161. The highest BCUT2D eigenvalue weighted by Gasteiger charge is 2.26. The molecule has 2 atom stereocenters. The summed E-state index contributed by atoms with van der Waals surface area (Å²) in [5, 5.41) is 0. The molecule has 89 heavy (non-hydrogen) atoms. The van der Waals surface area contributed by atoms with E-state index in [0.29, 0.717) is 6.42 Å². The second-order valence-electron chi connectivity index (χ2n) is 25.5. The van der Waals surface area contributed by atoms with Gasteiger partial charge in [0.1, 0.15) is 6.61 Å². The molecule has 0 aliphatic carbocycles. The SMILES string of the molecule is CC/C=C\C/C=C\C/C=C\C/C=C\C/C=C\C/C=C\C/C=C\CCCCCCCCCCCCCCCCCCCC(=O)OC(COC(=O)CCCCCCCCCCCCCCCCCCCCCCCCCCCCCCC)COP(=O)(O)OCCN. The van der Waals surface area contributed by atoms with E-state index >= 15 is 0 Å². The lowest BCUT2D eigenvalue weighted by atomic mass is 10.0. The number of unbranched alkanes of at least 4 members (excludes halogenated alkanes) is 45. The standard InChI is InChI=1S/C79H144NO8P/c1-3-5-7-9-11-13-15-17-19-21-23-25-27-29-31-33-34-35-36-37-38-39-40-41-42-44-46-48-50-52-54-56-58-60-62-64-66-68-70-72-79(82)88-77(76-87-89(83,84)86-74-73-80)75-85-78(81)71-69-67-65-63-61-59-57-55-53-51-49-47-45-43-32-30-28-26-24-22-20-18-16-14-12-10-8-6-4-2/h5,7,11,13,17,19,23,25,29,31,34-35,37-38,77H,3-4,6,8-10,12,14-16,18,20-22,24,26-28,30,32-33,36,39-76,80H2,1-2H3,(H,83,84)/b7-5-,13-11-,19-17-,25-23-,31-29-,35-34-,38-37-. The van der Waals surface area contributed by atoms with Gasteiger partial charge < -0.3 is 20.1 Å². The first kappa shape index (κ1) is 86.2. The monoisotopic (exact) mass is 1270 g/mol. The molecule has 0 bridgehead atoms. The summed E-state index contributed by atoms with van der Waals surface area (Å²) >= 11 is 0. The average Bonchev–Trinajstić information content (AvgIpc) is 3.68. The Kier molecular flexibility index (Phi) is 71.9. The third kappa shape index (κ3) is 74.1. The molecule has 0 spiro atoms. The maximum Gasteiger partial charge on any atom is 0.472 e. The fourth-order valence-electron chi connectivity index (χ4n) is 11.2. The van der Waals surface area contributed by atoms with E-state index in [9.17, 15) is 19.0 Å². The van der Waals surface area contributed by atoms with E-state index in [1.54, 1.807) is 0 Å². The molecule has 2 unspecified atom stereocenters. The Morgan fingerprint density at radius 3 is 0.921 bits per heavy atom. The number of esters is 2. The molecule has 0 radical (unpaired) electrons. The summed E-state index contributed by atoms with van der Waals surface area (Å²) < 4.78 is 33.2. The van der Waals surface area contributed by atoms with Gasteiger partial charge in [-0.05, 0) is 70.6 Å². The van der Waals surface area contributed by atoms with E-state index < -0.39 is 26.5 Å². The molecule has 9 nitrogen and oxygen atoms in total. The molecule has 0 rings (SSSR count). The molecule has 0 fully saturated rings. The summed E-state index contributed by atoms with van der Waals surface area (Å²) in [6.07, 6.45) is 99.9. The summed E-state index contributed by atoms with van der Waals surface area (Å²) in [6.45, 7) is 3.70. The minimum atomic E-state index is -4.40. The highest BCUT2D eigenvalue weighted by Crippen LogP contribution is 2.43. The second kappa shape index (κ2) is 74.2. The largest absolute Gasteiger partial charge is 0.472 e. The van der Waals surface area contributed by atoms with Crippen molar-refractivity contribution >= 4 is 19.8 Å². The van der Waals surface area contributed by atoms with Crippen LogP contribution in [0.25, 0.3) is 0 Å². The van der Waals surface area contributed by atoms with Gasteiger partial charge in [0.05, 0.1) is 13.2 Å². The highest BCUT2D eigenvalue weighted by molar-refractivity contribution is 7.47. The van der Waals surface area contributed by atoms with Crippen LogP contribution in [0.15, 0.2) is 85.1 Å². The van der Waals surface area contributed by atoms with Crippen molar-refractivity contribution in [1.29, 1.82) is 0 Å². The van der Waals surface area contributed by atoms with Gasteiger partial charge in [0.15, 0.2) is 6.10 Å². The van der Waals surface area contributed by atoms with Crippen LogP contribution in [-0.4, -0.2) is 49.3 Å². The zero-order chi connectivity index (χ0) is 64.4. The minimum absolute atomic E-state index is 0.0539. The number of phosphoric acid groups is 1. The van der Waals surface area contributed by atoms with Gasteiger partial charge in [-0.1, -0.05) is 375 Å². The van der Waals surface area contributed by atoms with Crippen molar-refractivity contribution in [3.63, 3.8) is 0 Å². The Morgan fingerprint density at radius 2 is 0.618 bits per heavy atom. The lowest BCUT2D eigenvalue weighted by Crippen LogP contribution is -2.29. The molecule has 0 saturated carbocycles. The van der Waals surface area contributed by atoms with Gasteiger partial charge in [-0.25, -0.2) is 4.57 Å². The van der Waals surface area contributed by atoms with E-state index in [-0.39, 0.29) is 38.6 Å². The number of carbonyl (C=O) groups excluding carboxylic acids is 2. The number of ether oxygens (including phenoxy) is 2. The smallest absolute Gasteiger partial charge is 0.462 e. The van der Waals surface area contributed by atoms with Crippen molar-refractivity contribution in [2.45, 2.75) is 380 Å². The van der Waals surface area contributed by atoms with E-state index in [2.05, 4.69) is 98.9 Å². The fourth-order valence-corrected chi connectivity index (χ4v) is 12.0. The number of carbonyl (C=O) groups is 2. The maximum absolute atomic E-state index is 12.8. The van der Waals surface area contributed by atoms with Gasteiger partial charge in [-0.2, -0.15) is 0 Å². The molecule has 518 valence electrons. The van der Waals surface area contributed by atoms with E-state index in [4.69, 9.17) is 24.3 Å². The molecule has 0 saturated heterocycles. The van der Waals surface area contributed by atoms with Crippen LogP contribution in [-0.2, 0) is 32.7 Å². The van der Waals surface area contributed by atoms with Gasteiger partial charge >= 0.3 is 19.8 Å². The van der Waals surface area contributed by atoms with Crippen molar-refractivity contribution in [2.24, 2.45) is 5.73 Å². The summed E-state index contributed by atoms with van der Waals surface area (Å²) in [6, 6.07) is 0. The predicted molar refractivity (Wildman–Crippen MR) is 386 cm³/mol. The van der Waals surface area contributed by atoms with Crippen molar-refractivity contribution in [1.82, 2.24) is 0 Å². The molecule has 0 aromatic heterocycles. The van der Waals surface area contributed by atoms with Crippen molar-refractivity contribution in [2.75, 3.05) is 26.4 Å². The Hall–Kier alpha value is -2.81. The van der Waals surface area contributed by atoms with Crippen LogP contribution in [0.4, 0.5) is 0 Å². The number of hydrogen-bond acceptors (Lipinski definition) is 8. The zero-order valence-corrected chi connectivity index (χ0v) is 59.3. The topological polar surface area (TPSA) is 134 Å². The van der Waals surface area contributed by atoms with Gasteiger partial charge in [0, 0.05) is 19.4 Å². The molecule has 10 heteroatoms. The minimum Gasteiger partial charge on any atom is -0.462 e. The van der Waals surface area contributed by atoms with E-state index in [0.717, 1.165) is 83.5 Å². The maximum atomic E-state index is 12.8. The lowest BCUT2D eigenvalue weighted by Gasteiger charge is -2.19. The quantitative estimate of drug-likeness (QED) is 0.0264. The number of rotatable bonds is 72. The van der Waals surface area contributed by atoms with Crippen LogP contribution < -0.4 is 5.73 Å². The van der Waals surface area contributed by atoms with Crippen molar-refractivity contribution in [3.8, 4) is 0 Å². The Bertz CT molecular complexity index is 1740. The van der Waals surface area contributed by atoms with Crippen molar-refractivity contribution < 1.29 is 37.6 Å². The number of hydrogen-bond donors (Lipinski definition) is 2. The first-order chi connectivity index (χ1) is 43.8. The number of phosphoric ester groups is 1. The molecule has 0 heterocycles. The first-order valence-electron chi connectivity index (χ1n) is 38.1. The first-order valence-corrected chi connectivity index (χ1v) is 39.6. The summed E-state index contributed by atoms with van der Waals surface area (Å²) in [5.41, 5.74) is 5.41. The second-order valence-corrected chi connectivity index (χ2v) is 27.0. The van der Waals surface area contributed by atoms with Gasteiger partial charge in [-0.15, -0.1) is 0 Å². The fraction of sp³-hybridized carbons (Fsp3) is 0.797. The number of allylic oxidation sites excluding steroid dienone is 14. The molecular weight excluding hydrogens is 1120 g/mol. The Labute approximate surface area is 551 Å². The van der Waals surface area contributed by atoms with Crippen LogP contribution in [0.3, 0.4) is 0 Å². The van der Waals surface area contributed by atoms with Crippen LogP contribution in [0, 0.1) is 0 Å². The third-order valence-electron chi connectivity index (χ3n) is 16.8. The average molecular weight is 1270 g/mol. The Balaban J connectivity index is 3.81. The molecule has 0 aromatic carbocycles. The van der Waals surface area contributed by atoms with Gasteiger partial charge in [0.25, 0.3) is 0 Å². The van der Waals surface area contributed by atoms with Crippen molar-refractivity contribution in [3.05, 3.63) is 85.1 Å². The molecule has 0 aliphatic heterocycles. The number of nitrogens with two attached hydrogens (primary N) is 1. The molecule has 0 amide bonds. The Morgan fingerprint density at radius 1 is 0.348 bits per heavy atom. The van der Waals surface area contributed by atoms with E-state index in [1.807, 2.05) is 0 Å². The van der Waals surface area contributed by atoms with Crippen LogP contribution in [0.5, 0.6) is 0 Å². The van der Waals surface area contributed by atoms with Crippen LogP contribution in [0.2, 0.25) is 0 Å². The summed E-state index contributed by atoms with van der Waals surface area (Å²) in [4.78, 5) is 35.4. The molecule has 0 aromatic rings. The molecule has 0 aliphatic rings. The summed E-state index contributed by atoms with van der Waals surface area (Å²) in [7, 11) is -4.40. The molecular formula is C79H144NO8P. The summed E-state index contributed by atoms with van der Waals surface area (Å²) in [5.74, 6) is -0.809. The van der Waals surface area contributed by atoms with Crippen LogP contribution >= 0.6 is 7.82 Å². The highest BCUT2D eigenvalue weighted by atomic mass is 31.2. The van der Waals surface area contributed by atoms with Gasteiger partial charge in [0.2, 0.25) is 0 Å². The normalized spacial score (nSPS) is 13.3. The zero-order valence-electron chi connectivity index (χ0n) is 58.4. The molecule has 3 N–H and O–H groups in total. The third-order valence-corrected chi connectivity index (χ3v) is 17.8. The van der Waals surface area contributed by atoms with E-state index in [1.165, 1.54) is 257 Å². The predicted octanol–water partition coefficient (Wildman–Crippen LogP) is 25.3. The van der Waals surface area contributed by atoms with Crippen LogP contribution in [0.1, 0.15) is 373 Å². The van der Waals surface area contributed by atoms with Gasteiger partial charge in [-0.3, -0.25) is 18.6 Å².